The third kappa shape index (κ3) is 2.85. The van der Waals surface area contributed by atoms with Crippen LogP contribution in [0.1, 0.15) is 17.3 Å². The molecule has 1 N–H and O–H groups in total. The van der Waals surface area contributed by atoms with Crippen LogP contribution >= 0.6 is 0 Å². The monoisotopic (exact) mass is 313 g/mol. The molecule has 0 radical (unpaired) electrons. The van der Waals surface area contributed by atoms with Crippen molar-refractivity contribution in [2.24, 2.45) is 7.05 Å². The third-order valence-corrected chi connectivity index (χ3v) is 3.50. The minimum absolute atomic E-state index is 0.309. The van der Waals surface area contributed by atoms with Gasteiger partial charge < -0.3 is 5.32 Å². The maximum atomic E-state index is 14.3. The van der Waals surface area contributed by atoms with E-state index in [1.807, 2.05) is 0 Å². The van der Waals surface area contributed by atoms with E-state index in [2.05, 4.69) is 15.5 Å². The average molecular weight is 313 g/mol. The van der Waals surface area contributed by atoms with Crippen LogP contribution < -0.4 is 5.32 Å². The summed E-state index contributed by atoms with van der Waals surface area (Å²) in [5, 5.41) is 10.8. The van der Waals surface area contributed by atoms with Crippen LogP contribution in [0.15, 0.2) is 42.9 Å². The Hall–Kier alpha value is -2.96. The van der Waals surface area contributed by atoms with Crippen LogP contribution in [0.25, 0.3) is 11.1 Å². The summed E-state index contributed by atoms with van der Waals surface area (Å²) in [6.45, 7) is 2.23. The van der Waals surface area contributed by atoms with Crippen molar-refractivity contribution in [2.45, 2.75) is 13.5 Å². The van der Waals surface area contributed by atoms with Crippen LogP contribution in [0.2, 0.25) is 0 Å². The van der Waals surface area contributed by atoms with Crippen molar-refractivity contribution >= 4 is 11.6 Å². The molecule has 0 atom stereocenters. The molecule has 0 spiro atoms. The topological polar surface area (TPSA) is 64.7 Å². The lowest BCUT2D eigenvalue weighted by Gasteiger charge is -2.08. The van der Waals surface area contributed by atoms with Crippen LogP contribution in [-0.4, -0.2) is 25.5 Å². The summed E-state index contributed by atoms with van der Waals surface area (Å²) in [5.41, 5.74) is 1.78. The number of anilines is 1. The fourth-order valence-corrected chi connectivity index (χ4v) is 2.37. The van der Waals surface area contributed by atoms with E-state index < -0.39 is 5.95 Å². The van der Waals surface area contributed by atoms with Gasteiger partial charge in [-0.3, -0.25) is 9.48 Å². The Bertz CT molecular complexity index is 852. The fourth-order valence-electron chi connectivity index (χ4n) is 2.37. The standard InChI is InChI=1S/C16H16FN5O/c1-3-22-15(17)14(9-19-22)12-6-4-5-7-13(12)16(23)20-11-8-18-21(2)10-11/h4-10H,3H2,1-2H3,(H,20,23). The molecule has 1 aromatic carbocycles. The van der Waals surface area contributed by atoms with Gasteiger partial charge >= 0.3 is 0 Å². The molecule has 23 heavy (non-hydrogen) atoms. The second kappa shape index (κ2) is 6.04. The summed E-state index contributed by atoms with van der Waals surface area (Å²) in [6, 6.07) is 6.87. The number of hydrogen-bond acceptors (Lipinski definition) is 3. The van der Waals surface area contributed by atoms with Gasteiger partial charge in [-0.2, -0.15) is 14.6 Å². The van der Waals surface area contributed by atoms with Gasteiger partial charge in [-0.1, -0.05) is 18.2 Å². The molecule has 0 aliphatic carbocycles. The summed E-state index contributed by atoms with van der Waals surface area (Å²) < 4.78 is 17.2. The predicted molar refractivity (Wildman–Crippen MR) is 84.5 cm³/mol. The highest BCUT2D eigenvalue weighted by Crippen LogP contribution is 2.26. The Morgan fingerprint density at radius 1 is 1.22 bits per heavy atom. The summed E-state index contributed by atoms with van der Waals surface area (Å²) >= 11 is 0. The number of carbonyl (C=O) groups excluding carboxylic acids is 1. The highest BCUT2D eigenvalue weighted by Gasteiger charge is 2.18. The molecule has 0 fully saturated rings. The number of benzene rings is 1. The zero-order chi connectivity index (χ0) is 16.4. The Kier molecular flexibility index (Phi) is 3.92. The van der Waals surface area contributed by atoms with Crippen molar-refractivity contribution in [2.75, 3.05) is 5.32 Å². The molecule has 118 valence electrons. The van der Waals surface area contributed by atoms with E-state index in [0.717, 1.165) is 0 Å². The fraction of sp³-hybridized carbons (Fsp3) is 0.188. The first-order valence-corrected chi connectivity index (χ1v) is 7.21. The third-order valence-electron chi connectivity index (χ3n) is 3.50. The smallest absolute Gasteiger partial charge is 0.256 e. The minimum Gasteiger partial charge on any atom is -0.319 e. The first-order chi connectivity index (χ1) is 11.1. The Labute approximate surface area is 132 Å². The molecule has 3 rings (SSSR count). The van der Waals surface area contributed by atoms with Gasteiger partial charge in [0.05, 0.1) is 23.6 Å². The summed E-state index contributed by atoms with van der Waals surface area (Å²) in [6.07, 6.45) is 4.68. The summed E-state index contributed by atoms with van der Waals surface area (Å²) in [7, 11) is 1.76. The summed E-state index contributed by atoms with van der Waals surface area (Å²) in [4.78, 5) is 12.5. The van der Waals surface area contributed by atoms with E-state index in [-0.39, 0.29) is 5.91 Å². The number of aromatic nitrogens is 4. The highest BCUT2D eigenvalue weighted by atomic mass is 19.1. The first kappa shape index (κ1) is 15.0. The maximum absolute atomic E-state index is 14.3. The second-order valence-electron chi connectivity index (χ2n) is 5.07. The zero-order valence-electron chi connectivity index (χ0n) is 12.8. The lowest BCUT2D eigenvalue weighted by molar-refractivity contribution is 0.102. The molecule has 0 saturated heterocycles. The average Bonchev–Trinajstić information content (AvgIpc) is 3.12. The number of halogens is 1. The van der Waals surface area contributed by atoms with Crippen molar-refractivity contribution < 1.29 is 9.18 Å². The molecule has 2 heterocycles. The first-order valence-electron chi connectivity index (χ1n) is 7.21. The van der Waals surface area contributed by atoms with E-state index in [1.165, 1.54) is 10.9 Å². The van der Waals surface area contributed by atoms with Gasteiger partial charge in [0, 0.05) is 30.9 Å². The predicted octanol–water partition coefficient (Wildman–Crippen LogP) is 2.69. The lowest BCUT2D eigenvalue weighted by atomic mass is 10.0. The van der Waals surface area contributed by atoms with Gasteiger partial charge in [-0.05, 0) is 13.0 Å². The molecule has 0 bridgehead atoms. The maximum Gasteiger partial charge on any atom is 0.256 e. The number of rotatable bonds is 4. The number of carbonyl (C=O) groups is 1. The molecule has 6 nitrogen and oxygen atoms in total. The quantitative estimate of drug-likeness (QED) is 0.805. The van der Waals surface area contributed by atoms with Crippen LogP contribution in [-0.2, 0) is 13.6 Å². The molecule has 7 heteroatoms. The van der Waals surface area contributed by atoms with Crippen LogP contribution in [0.3, 0.4) is 0 Å². The van der Waals surface area contributed by atoms with E-state index in [9.17, 15) is 9.18 Å². The van der Waals surface area contributed by atoms with Gasteiger partial charge in [0.2, 0.25) is 5.95 Å². The Balaban J connectivity index is 1.97. The summed E-state index contributed by atoms with van der Waals surface area (Å²) in [5.74, 6) is -0.772. The Morgan fingerprint density at radius 2 is 2.00 bits per heavy atom. The number of amides is 1. The largest absolute Gasteiger partial charge is 0.319 e. The van der Waals surface area contributed by atoms with Crippen molar-refractivity contribution in [1.82, 2.24) is 19.6 Å². The van der Waals surface area contributed by atoms with E-state index in [0.29, 0.717) is 28.9 Å². The number of nitrogens with zero attached hydrogens (tertiary/aromatic N) is 4. The van der Waals surface area contributed by atoms with Gasteiger partial charge in [0.1, 0.15) is 0 Å². The number of nitrogens with one attached hydrogen (secondary N) is 1. The minimum atomic E-state index is -0.450. The highest BCUT2D eigenvalue weighted by molar-refractivity contribution is 6.08. The molecule has 0 aliphatic heterocycles. The lowest BCUT2D eigenvalue weighted by Crippen LogP contribution is -2.13. The van der Waals surface area contributed by atoms with Crippen molar-refractivity contribution in [3.05, 3.63) is 54.4 Å². The van der Waals surface area contributed by atoms with Crippen LogP contribution in [0, 0.1) is 5.95 Å². The molecule has 2 aromatic heterocycles. The number of aryl methyl sites for hydroxylation is 2. The zero-order valence-corrected chi connectivity index (χ0v) is 12.8. The van der Waals surface area contributed by atoms with E-state index in [4.69, 9.17) is 0 Å². The van der Waals surface area contributed by atoms with E-state index >= 15 is 0 Å². The molecule has 3 aromatic rings. The number of hydrogen-bond donors (Lipinski definition) is 1. The van der Waals surface area contributed by atoms with Gasteiger partial charge in [-0.25, -0.2) is 4.68 Å². The second-order valence-corrected chi connectivity index (χ2v) is 5.07. The SMILES string of the molecule is CCn1ncc(-c2ccccc2C(=O)Nc2cnn(C)c2)c1F. The van der Waals surface area contributed by atoms with Gasteiger partial charge in [0.25, 0.3) is 5.91 Å². The van der Waals surface area contributed by atoms with Crippen LogP contribution in [0.4, 0.5) is 10.1 Å². The molecular formula is C16H16FN5O. The molecular weight excluding hydrogens is 297 g/mol. The van der Waals surface area contributed by atoms with Crippen molar-refractivity contribution in [3.8, 4) is 11.1 Å². The molecule has 0 saturated carbocycles. The van der Waals surface area contributed by atoms with E-state index in [1.54, 1.807) is 55.3 Å². The van der Waals surface area contributed by atoms with Crippen molar-refractivity contribution in [3.63, 3.8) is 0 Å². The molecule has 0 unspecified atom stereocenters. The van der Waals surface area contributed by atoms with Gasteiger partial charge in [0.15, 0.2) is 0 Å². The van der Waals surface area contributed by atoms with Gasteiger partial charge in [-0.15, -0.1) is 0 Å². The normalized spacial score (nSPS) is 10.7. The van der Waals surface area contributed by atoms with Crippen LogP contribution in [0.5, 0.6) is 0 Å². The van der Waals surface area contributed by atoms with Crippen molar-refractivity contribution in [1.29, 1.82) is 0 Å². The molecule has 0 aliphatic rings. The Morgan fingerprint density at radius 3 is 2.65 bits per heavy atom. The molecule has 1 amide bonds.